The van der Waals surface area contributed by atoms with E-state index in [1.54, 1.807) is 0 Å². The molecule has 0 saturated carbocycles. The lowest BCUT2D eigenvalue weighted by molar-refractivity contribution is -0.0330. The van der Waals surface area contributed by atoms with Gasteiger partial charge in [-0.05, 0) is 12.8 Å². The Morgan fingerprint density at radius 3 is 2.64 bits per heavy atom. The minimum atomic E-state index is 0.514. The van der Waals surface area contributed by atoms with Crippen LogP contribution < -0.4 is 5.32 Å². The number of rotatable bonds is 1. The van der Waals surface area contributed by atoms with Gasteiger partial charge in [-0.1, -0.05) is 6.08 Å². The first-order valence-corrected chi connectivity index (χ1v) is 4.31. The van der Waals surface area contributed by atoms with Crippen molar-refractivity contribution in [2.75, 3.05) is 19.8 Å². The summed E-state index contributed by atoms with van der Waals surface area (Å²) in [5, 5.41) is 3.38. The lowest BCUT2D eigenvalue weighted by Gasteiger charge is -2.51. The highest BCUT2D eigenvalue weighted by atomic mass is 16.5. The van der Waals surface area contributed by atoms with E-state index in [1.165, 1.54) is 12.8 Å². The monoisotopic (exact) mass is 153 g/mol. The van der Waals surface area contributed by atoms with E-state index in [1.807, 2.05) is 6.08 Å². The summed E-state index contributed by atoms with van der Waals surface area (Å²) in [5.74, 6) is 0. The van der Waals surface area contributed by atoms with Crippen molar-refractivity contribution >= 4 is 0 Å². The van der Waals surface area contributed by atoms with Crippen molar-refractivity contribution in [2.45, 2.75) is 18.9 Å². The van der Waals surface area contributed by atoms with E-state index >= 15 is 0 Å². The molecule has 0 aromatic rings. The predicted molar refractivity (Wildman–Crippen MR) is 44.5 cm³/mol. The lowest BCUT2D eigenvalue weighted by Crippen LogP contribution is -2.63. The second-order valence-corrected chi connectivity index (χ2v) is 3.57. The van der Waals surface area contributed by atoms with Crippen LogP contribution in [0.5, 0.6) is 0 Å². The van der Waals surface area contributed by atoms with Gasteiger partial charge in [0.25, 0.3) is 0 Å². The van der Waals surface area contributed by atoms with Crippen molar-refractivity contribution in [3.63, 3.8) is 0 Å². The maximum Gasteiger partial charge on any atom is 0.0472 e. The number of ether oxygens (including phenoxy) is 1. The molecule has 2 heterocycles. The average Bonchev–Trinajstić information content (AvgIpc) is 2.05. The van der Waals surface area contributed by atoms with Crippen LogP contribution in [0.3, 0.4) is 0 Å². The van der Waals surface area contributed by atoms with Crippen molar-refractivity contribution in [3.8, 4) is 0 Å². The second-order valence-electron chi connectivity index (χ2n) is 3.57. The Hall–Kier alpha value is -0.340. The van der Waals surface area contributed by atoms with E-state index in [2.05, 4.69) is 11.9 Å². The summed E-state index contributed by atoms with van der Waals surface area (Å²) in [6.45, 7) is 6.86. The first-order valence-electron chi connectivity index (χ1n) is 4.31. The number of hydrogen-bond donors (Lipinski definition) is 1. The Bertz CT molecular complexity index is 161. The molecule has 0 aliphatic carbocycles. The summed E-state index contributed by atoms with van der Waals surface area (Å²) < 4.78 is 5.33. The van der Waals surface area contributed by atoms with Crippen molar-refractivity contribution in [2.24, 2.45) is 5.41 Å². The maximum atomic E-state index is 5.33. The van der Waals surface area contributed by atoms with E-state index in [4.69, 9.17) is 4.74 Å². The number of hydrogen-bond acceptors (Lipinski definition) is 2. The van der Waals surface area contributed by atoms with Gasteiger partial charge in [0.2, 0.25) is 0 Å². The first kappa shape index (κ1) is 7.32. The fourth-order valence-corrected chi connectivity index (χ4v) is 2.11. The Labute approximate surface area is 67.6 Å². The molecule has 1 unspecified atom stereocenters. The molecule has 11 heavy (non-hydrogen) atoms. The highest BCUT2D eigenvalue weighted by Gasteiger charge is 2.45. The summed E-state index contributed by atoms with van der Waals surface area (Å²) >= 11 is 0. The highest BCUT2D eigenvalue weighted by molar-refractivity contribution is 5.10. The molecule has 0 bridgehead atoms. The molecule has 2 saturated heterocycles. The minimum Gasteiger partial charge on any atom is -0.381 e. The van der Waals surface area contributed by atoms with Gasteiger partial charge in [-0.25, -0.2) is 0 Å². The Balaban J connectivity index is 2.02. The van der Waals surface area contributed by atoms with Crippen LogP contribution in [-0.4, -0.2) is 25.8 Å². The van der Waals surface area contributed by atoms with Gasteiger partial charge in [0.1, 0.15) is 0 Å². The molecular weight excluding hydrogens is 138 g/mol. The molecule has 0 aromatic carbocycles. The molecule has 1 spiro atoms. The van der Waals surface area contributed by atoms with Gasteiger partial charge in [-0.2, -0.15) is 0 Å². The molecule has 0 aromatic heterocycles. The molecule has 2 fully saturated rings. The van der Waals surface area contributed by atoms with Gasteiger partial charge < -0.3 is 10.1 Å². The van der Waals surface area contributed by atoms with Crippen LogP contribution in [0.2, 0.25) is 0 Å². The molecule has 2 rings (SSSR count). The summed E-state index contributed by atoms with van der Waals surface area (Å²) in [4.78, 5) is 0. The largest absolute Gasteiger partial charge is 0.381 e. The van der Waals surface area contributed by atoms with Crippen LogP contribution in [0.4, 0.5) is 0 Å². The maximum absolute atomic E-state index is 5.33. The highest BCUT2D eigenvalue weighted by Crippen LogP contribution is 2.39. The summed E-state index contributed by atoms with van der Waals surface area (Å²) in [5.41, 5.74) is 0.514. The van der Waals surface area contributed by atoms with E-state index in [9.17, 15) is 0 Å². The molecule has 2 nitrogen and oxygen atoms in total. The molecule has 1 atom stereocenters. The Kier molecular flexibility index (Phi) is 1.74. The van der Waals surface area contributed by atoms with Gasteiger partial charge in [0, 0.05) is 31.2 Å². The van der Waals surface area contributed by atoms with Crippen molar-refractivity contribution in [1.82, 2.24) is 5.32 Å². The van der Waals surface area contributed by atoms with Gasteiger partial charge in [-0.3, -0.25) is 0 Å². The molecule has 1 N–H and O–H groups in total. The summed E-state index contributed by atoms with van der Waals surface area (Å²) in [6.07, 6.45) is 4.45. The van der Waals surface area contributed by atoms with Crippen molar-refractivity contribution in [1.29, 1.82) is 0 Å². The van der Waals surface area contributed by atoms with Gasteiger partial charge in [-0.15, -0.1) is 6.58 Å². The van der Waals surface area contributed by atoms with Crippen LogP contribution in [0.25, 0.3) is 0 Å². The van der Waals surface area contributed by atoms with E-state index < -0.39 is 0 Å². The summed E-state index contributed by atoms with van der Waals surface area (Å²) in [6, 6.07) is 0.548. The van der Waals surface area contributed by atoms with Crippen LogP contribution in [0.1, 0.15) is 12.8 Å². The molecule has 62 valence electrons. The normalized spacial score (nSPS) is 34.7. The molecule has 0 radical (unpaired) electrons. The molecule has 2 aliphatic heterocycles. The zero-order valence-electron chi connectivity index (χ0n) is 6.81. The first-order chi connectivity index (χ1) is 5.37. The van der Waals surface area contributed by atoms with Crippen LogP contribution in [0.15, 0.2) is 12.7 Å². The average molecular weight is 153 g/mol. The van der Waals surface area contributed by atoms with Crippen LogP contribution in [-0.2, 0) is 4.74 Å². The second kappa shape index (κ2) is 2.61. The van der Waals surface area contributed by atoms with Crippen molar-refractivity contribution < 1.29 is 4.74 Å². The zero-order valence-corrected chi connectivity index (χ0v) is 6.81. The molecule has 2 aliphatic rings. The fourth-order valence-electron chi connectivity index (χ4n) is 2.11. The molecule has 0 amide bonds. The third-order valence-corrected chi connectivity index (χ3v) is 3.06. The Morgan fingerprint density at radius 1 is 1.45 bits per heavy atom. The number of nitrogens with one attached hydrogen (secondary N) is 1. The Morgan fingerprint density at radius 2 is 2.18 bits per heavy atom. The zero-order chi connectivity index (χ0) is 7.73. The predicted octanol–water partition coefficient (Wildman–Crippen LogP) is 0.941. The topological polar surface area (TPSA) is 21.3 Å². The van der Waals surface area contributed by atoms with Crippen LogP contribution >= 0.6 is 0 Å². The van der Waals surface area contributed by atoms with Crippen molar-refractivity contribution in [3.05, 3.63) is 12.7 Å². The fraction of sp³-hybridized carbons (Fsp3) is 0.778. The standard InChI is InChI=1S/C9H15NO/c1-2-8-9(7-10-8)3-5-11-6-4-9/h2,8,10H,1,3-7H2. The van der Waals surface area contributed by atoms with E-state index in [0.29, 0.717) is 11.5 Å². The molecule has 2 heteroatoms. The minimum absolute atomic E-state index is 0.514. The van der Waals surface area contributed by atoms with E-state index in [-0.39, 0.29) is 0 Å². The third kappa shape index (κ3) is 1.01. The SMILES string of the molecule is C=CC1NCC12CCOCC2. The van der Waals surface area contributed by atoms with Gasteiger partial charge in [0.15, 0.2) is 0 Å². The lowest BCUT2D eigenvalue weighted by atomic mass is 9.68. The van der Waals surface area contributed by atoms with Crippen LogP contribution in [0, 0.1) is 5.41 Å². The smallest absolute Gasteiger partial charge is 0.0472 e. The summed E-state index contributed by atoms with van der Waals surface area (Å²) in [7, 11) is 0. The van der Waals surface area contributed by atoms with Gasteiger partial charge >= 0.3 is 0 Å². The third-order valence-electron chi connectivity index (χ3n) is 3.06. The van der Waals surface area contributed by atoms with Gasteiger partial charge in [0.05, 0.1) is 0 Å². The molecular formula is C9H15NO. The van der Waals surface area contributed by atoms with E-state index in [0.717, 1.165) is 19.8 Å². The quantitative estimate of drug-likeness (QED) is 0.566.